The van der Waals surface area contributed by atoms with Gasteiger partial charge in [0.25, 0.3) is 0 Å². The van der Waals surface area contributed by atoms with E-state index in [0.29, 0.717) is 109 Å². The first kappa shape index (κ1) is 94.0. The Hall–Kier alpha value is -10.2. The number of aromatic nitrogens is 6. The molecule has 10 N–H and O–H groups in total. The summed E-state index contributed by atoms with van der Waals surface area (Å²) in [6.07, 6.45) is 7.99. The first-order valence-corrected chi connectivity index (χ1v) is 43.2. The van der Waals surface area contributed by atoms with Crippen LogP contribution in [0.25, 0.3) is 21.9 Å². The molecular weight excluding hydrogens is 1660 g/mol. The van der Waals surface area contributed by atoms with Crippen molar-refractivity contribution in [3.63, 3.8) is 0 Å². The molecule has 3 fully saturated rings. The van der Waals surface area contributed by atoms with Gasteiger partial charge in [0.15, 0.2) is 23.0 Å². The Kier molecular flexibility index (Phi) is 35.7. The average molecular weight is 1770 g/mol. The molecule has 3 unspecified atom stereocenters. The van der Waals surface area contributed by atoms with Crippen LogP contribution in [0.5, 0.6) is 0 Å². The van der Waals surface area contributed by atoms with Gasteiger partial charge in [-0.1, -0.05) is 134 Å². The summed E-state index contributed by atoms with van der Waals surface area (Å²) in [4.78, 5) is 43.8. The Balaban J connectivity index is 0.000000181. The monoisotopic (exact) mass is 1760 g/mol. The molecule has 0 spiro atoms. The Morgan fingerprint density at radius 2 is 0.721 bits per heavy atom. The van der Waals surface area contributed by atoms with Gasteiger partial charge in [0.2, 0.25) is 0 Å². The van der Waals surface area contributed by atoms with Crippen LogP contribution >= 0.6 is 32.8 Å². The van der Waals surface area contributed by atoms with Crippen molar-refractivity contribution >= 4 is 55.8 Å². The number of hydrogen-bond acceptors (Lipinski definition) is 13. The van der Waals surface area contributed by atoms with E-state index in [4.69, 9.17) is 44.2 Å². The van der Waals surface area contributed by atoms with E-state index in [9.17, 15) is 40.7 Å². The van der Waals surface area contributed by atoms with Crippen LogP contribution in [-0.4, -0.2) is 92.5 Å². The number of hydrogen-bond donors (Lipinski definition) is 7. The summed E-state index contributed by atoms with van der Waals surface area (Å²) >= 11 is 0.569. The number of halogens is 9. The molecule has 3 aliphatic rings. The van der Waals surface area contributed by atoms with E-state index in [-0.39, 0.29) is 65.7 Å². The van der Waals surface area contributed by atoms with Crippen LogP contribution in [-0.2, 0) is 44.9 Å². The summed E-state index contributed by atoms with van der Waals surface area (Å²) in [7, 11) is 9.40. The van der Waals surface area contributed by atoms with Crippen molar-refractivity contribution in [2.75, 3.05) is 45.8 Å². The molecule has 15 rings (SSSR count). The molecule has 3 heterocycles. The standard InChI is InChI=1S/C31H31F2N3O.C30H26F2N4O.C30H30F2N4O.C4H13N3.3ClH.Ni/c1-3-21-7-5-10-25(17-21)36-28(15-20(2)35-36)29(37)18-23-8-4-9-24(16-23)31(34-19-22-13-14-22)30-26(32)11-6-12-27(30)33;1-19-14-27(36(35-19)24-9-4-8-23(17-24)33-2)28(37)16-21-6-3-7-22(15-21)30(34-18-20-12-13-20)29-25(31)10-5-11-26(29)32;1-19-13-27(36(35-19)24-8-3-6-22(15-24)17-33)28(37)16-21-5-2-7-23(14-21)30(34-18-20-11-12-20)29-25(31)9-4-10-26(29)32;5-1-3-7-4-2-6;;;;/h4-12,15-17,22,31,34H,3,13-14,18-19H2,1-2H3;3-11,14-15,17,20,30,34H,12-13,16,18H2,1H3;2-10,13-15,20,30,34H,11-12,16-18,33H2,1H3;7H,1-6H2;3*1H;/q;;;;;;;+2/p-2. The van der Waals surface area contributed by atoms with Crippen LogP contribution in [0.15, 0.2) is 218 Å². The van der Waals surface area contributed by atoms with E-state index in [2.05, 4.69) is 54.4 Å². The number of nitrogens with one attached hydrogen (secondary N) is 4. The first-order valence-electron chi connectivity index (χ1n) is 40.5. The number of benzene rings is 9. The van der Waals surface area contributed by atoms with Crippen molar-refractivity contribution < 1.29 is 53.4 Å². The minimum absolute atomic E-state index is 0. The van der Waals surface area contributed by atoms with Crippen LogP contribution in [0, 0.1) is 80.0 Å². The van der Waals surface area contributed by atoms with E-state index in [1.807, 2.05) is 136 Å². The molecule has 0 radical (unpaired) electrons. The summed E-state index contributed by atoms with van der Waals surface area (Å²) in [6, 6.07) is 59.9. The second kappa shape index (κ2) is 46.3. The summed E-state index contributed by atoms with van der Waals surface area (Å²) in [5, 5.41) is 26.7. The quantitative estimate of drug-likeness (QED) is 0.00667. The van der Waals surface area contributed by atoms with E-state index in [0.717, 1.165) is 114 Å². The molecule has 9 aromatic carbocycles. The number of Topliss-reactive ketones (excluding diaryl/α,β-unsaturated/α-hetero) is 3. The molecule has 3 atom stereocenters. The van der Waals surface area contributed by atoms with Crippen LogP contribution in [0.2, 0.25) is 0 Å². The third-order valence-electron chi connectivity index (χ3n) is 20.9. The van der Waals surface area contributed by atoms with Crippen molar-refractivity contribution in [3.05, 3.63) is 360 Å². The second-order valence-corrected chi connectivity index (χ2v) is 32.1. The van der Waals surface area contributed by atoms with E-state index in [1.165, 1.54) is 60.2 Å². The normalized spacial score (nSPS) is 13.4. The summed E-state index contributed by atoms with van der Waals surface area (Å²) in [5.74, 6) is -2.27. The Bertz CT molecular complexity index is 5270. The van der Waals surface area contributed by atoms with Crippen molar-refractivity contribution in [2.24, 2.45) is 35.0 Å². The van der Waals surface area contributed by atoms with Crippen molar-refractivity contribution in [3.8, 4) is 17.1 Å². The summed E-state index contributed by atoms with van der Waals surface area (Å²) in [6.45, 7) is 20.5. The predicted molar refractivity (Wildman–Crippen MR) is 469 cm³/mol. The van der Waals surface area contributed by atoms with Gasteiger partial charge in [-0.2, -0.15) is 15.3 Å². The van der Waals surface area contributed by atoms with Gasteiger partial charge in [-0.15, -0.1) is 12.4 Å². The number of carbonyl (C=O) groups is 3. The second-order valence-electron chi connectivity index (χ2n) is 30.4. The van der Waals surface area contributed by atoms with Crippen LogP contribution < -0.4 is 38.5 Å². The van der Waals surface area contributed by atoms with E-state index >= 15 is 0 Å². The Morgan fingerprint density at radius 3 is 1.02 bits per heavy atom. The molecule has 3 aromatic heterocycles. The number of ketones is 3. The Labute approximate surface area is 729 Å². The molecule has 17 nitrogen and oxygen atoms in total. The van der Waals surface area contributed by atoms with Crippen LogP contribution in [0.3, 0.4) is 0 Å². The fourth-order valence-corrected chi connectivity index (χ4v) is 14.2. The number of aryl methyl sites for hydroxylation is 4. The summed E-state index contributed by atoms with van der Waals surface area (Å²) < 4.78 is 93.5. The molecule has 27 heteroatoms. The van der Waals surface area contributed by atoms with Crippen molar-refractivity contribution in [2.45, 2.75) is 117 Å². The fraction of sp³-hybridized carbons (Fsp3) is 0.295. The fourth-order valence-electron chi connectivity index (χ4n) is 14.2. The topological polar surface area (TPSA) is 235 Å². The zero-order valence-corrected chi connectivity index (χ0v) is 71.6. The van der Waals surface area contributed by atoms with Crippen molar-refractivity contribution in [1.29, 1.82) is 0 Å². The SMILES string of the molecule is CCc1cccc(-n2nc(C)cc2C(=O)Cc2cccc(C(NCC3CC3)c3c(F)cccc3F)c2)c1.Cc1cc(C(=O)Cc2cccc(C(NCC3CC3)c3c(F)cccc3F)c2)n(-c2cccc(CN)c2)n1.Cl.NCCNCCN.[C-]#[N+]c1cccc(-n2nc(C)cc2C(=O)Cc2cccc(C(NCC3CC3)c3c(F)cccc3F)c2)c1.[Cl][Ni][Cl]. The van der Waals surface area contributed by atoms with E-state index in [1.54, 1.807) is 56.5 Å². The van der Waals surface area contributed by atoms with Gasteiger partial charge in [0.05, 0.1) is 58.8 Å². The average Bonchev–Trinajstić information content (AvgIpc) is 1.08. The third-order valence-corrected chi connectivity index (χ3v) is 20.9. The minimum atomic E-state index is -0.666. The molecule has 0 bridgehead atoms. The predicted octanol–water partition coefficient (Wildman–Crippen LogP) is 18.8. The van der Waals surface area contributed by atoms with E-state index < -0.39 is 53.0 Å². The molecule has 3 aliphatic carbocycles. The van der Waals surface area contributed by atoms with Gasteiger partial charge >= 0.3 is 33.0 Å². The zero-order chi connectivity index (χ0) is 86.1. The van der Waals surface area contributed by atoms with Crippen LogP contribution in [0.1, 0.15) is 173 Å². The first-order chi connectivity index (χ1) is 58.6. The van der Waals surface area contributed by atoms with Gasteiger partial charge in [0.1, 0.15) is 52.0 Å². The molecule has 0 aliphatic heterocycles. The molecule has 642 valence electrons. The molecule has 0 saturated heterocycles. The van der Waals surface area contributed by atoms with Gasteiger partial charge in [-0.05, 0) is 239 Å². The third kappa shape index (κ3) is 26.4. The van der Waals surface area contributed by atoms with Crippen LogP contribution in [0.4, 0.5) is 32.0 Å². The number of rotatable bonds is 33. The number of nitrogens with zero attached hydrogens (tertiary/aromatic N) is 7. The van der Waals surface area contributed by atoms with Gasteiger partial charge < -0.3 is 38.5 Å². The molecule has 122 heavy (non-hydrogen) atoms. The van der Waals surface area contributed by atoms with Gasteiger partial charge in [0, 0.05) is 68.7 Å². The molecular formula is C95H101Cl3F6N14NiO3. The molecule has 0 amide bonds. The Morgan fingerprint density at radius 1 is 0.434 bits per heavy atom. The number of carbonyl (C=O) groups excluding carboxylic acids is 3. The molecule has 12 aromatic rings. The van der Waals surface area contributed by atoms with Crippen molar-refractivity contribution in [1.82, 2.24) is 50.6 Å². The number of nitrogens with two attached hydrogens (primary N) is 3. The summed E-state index contributed by atoms with van der Waals surface area (Å²) in [5.41, 5.74) is 29.0. The van der Waals surface area contributed by atoms with Gasteiger partial charge in [-0.3, -0.25) is 14.4 Å². The maximum absolute atomic E-state index is 14.8. The zero-order valence-electron chi connectivity index (χ0n) is 68.3. The maximum atomic E-state index is 14.8. The molecule has 3 saturated carbocycles. The van der Waals surface area contributed by atoms with Gasteiger partial charge in [-0.25, -0.2) is 45.2 Å².